The predicted molar refractivity (Wildman–Crippen MR) is 82.5 cm³/mol. The molecule has 106 valence electrons. The Morgan fingerprint density at radius 3 is 2.26 bits per heavy atom. The summed E-state index contributed by atoms with van der Waals surface area (Å²) in [4.78, 5) is 2.58. The van der Waals surface area contributed by atoms with Crippen molar-refractivity contribution in [3.05, 3.63) is 34.9 Å². The number of nitrogens with zero attached hydrogens (tertiary/aromatic N) is 1. The molecular formula is C17H28N2. The van der Waals surface area contributed by atoms with Crippen LogP contribution in [0.4, 0.5) is 0 Å². The first-order chi connectivity index (χ1) is 9.08. The minimum atomic E-state index is 0.689. The van der Waals surface area contributed by atoms with Gasteiger partial charge in [-0.1, -0.05) is 18.2 Å². The summed E-state index contributed by atoms with van der Waals surface area (Å²) in [5, 5.41) is 3.75. The summed E-state index contributed by atoms with van der Waals surface area (Å²) in [6.07, 6.45) is 2.56. The van der Waals surface area contributed by atoms with Crippen LogP contribution < -0.4 is 5.32 Å². The Morgan fingerprint density at radius 2 is 1.74 bits per heavy atom. The van der Waals surface area contributed by atoms with Crippen LogP contribution in [0.1, 0.15) is 43.4 Å². The Bertz CT molecular complexity index is 383. The zero-order valence-corrected chi connectivity index (χ0v) is 12.9. The van der Waals surface area contributed by atoms with E-state index in [-0.39, 0.29) is 0 Å². The molecule has 1 N–H and O–H groups in total. The summed E-state index contributed by atoms with van der Waals surface area (Å²) < 4.78 is 0. The van der Waals surface area contributed by atoms with Crippen molar-refractivity contribution >= 4 is 0 Å². The number of nitrogens with one attached hydrogen (secondary N) is 1. The second-order valence-corrected chi connectivity index (χ2v) is 6.16. The van der Waals surface area contributed by atoms with Crippen molar-refractivity contribution in [3.8, 4) is 0 Å². The molecule has 2 rings (SSSR count). The van der Waals surface area contributed by atoms with Crippen LogP contribution in [0.25, 0.3) is 0 Å². The lowest BCUT2D eigenvalue weighted by Gasteiger charge is -2.35. The lowest BCUT2D eigenvalue weighted by atomic mass is 10.0. The Labute approximate surface area is 118 Å². The maximum atomic E-state index is 3.75. The average molecular weight is 260 g/mol. The predicted octanol–water partition coefficient (Wildman–Crippen LogP) is 3.27. The van der Waals surface area contributed by atoms with Crippen molar-refractivity contribution in [2.24, 2.45) is 0 Å². The van der Waals surface area contributed by atoms with Gasteiger partial charge in [-0.15, -0.1) is 0 Å². The van der Waals surface area contributed by atoms with Gasteiger partial charge in [-0.25, -0.2) is 0 Å². The fraction of sp³-hybridized carbons (Fsp3) is 0.647. The van der Waals surface area contributed by atoms with Crippen molar-refractivity contribution in [1.82, 2.24) is 10.2 Å². The molecule has 0 saturated carbocycles. The first kappa shape index (κ1) is 14.5. The van der Waals surface area contributed by atoms with Crippen LogP contribution in [-0.2, 0) is 6.54 Å². The summed E-state index contributed by atoms with van der Waals surface area (Å²) in [5.41, 5.74) is 4.30. The van der Waals surface area contributed by atoms with E-state index >= 15 is 0 Å². The Hall–Kier alpha value is -0.860. The fourth-order valence-electron chi connectivity index (χ4n) is 2.99. The molecule has 2 heteroatoms. The van der Waals surface area contributed by atoms with Gasteiger partial charge in [0, 0.05) is 18.6 Å². The molecule has 0 aromatic heterocycles. The zero-order valence-electron chi connectivity index (χ0n) is 12.9. The quantitative estimate of drug-likeness (QED) is 0.894. The molecule has 1 aromatic rings. The van der Waals surface area contributed by atoms with Gasteiger partial charge >= 0.3 is 0 Å². The minimum Gasteiger partial charge on any atom is -0.310 e. The van der Waals surface area contributed by atoms with Crippen LogP contribution >= 0.6 is 0 Å². The third-order valence-electron chi connectivity index (χ3n) is 4.47. The van der Waals surface area contributed by atoms with Crippen molar-refractivity contribution < 1.29 is 0 Å². The first-order valence-corrected chi connectivity index (χ1v) is 7.60. The van der Waals surface area contributed by atoms with Crippen LogP contribution in [0.15, 0.2) is 18.2 Å². The van der Waals surface area contributed by atoms with Crippen LogP contribution in [-0.4, -0.2) is 30.1 Å². The molecule has 1 fully saturated rings. The van der Waals surface area contributed by atoms with Crippen LogP contribution in [0.3, 0.4) is 0 Å². The molecular weight excluding hydrogens is 232 g/mol. The summed E-state index contributed by atoms with van der Waals surface area (Å²) in [7, 11) is 0. The van der Waals surface area contributed by atoms with Gasteiger partial charge in [0.05, 0.1) is 0 Å². The van der Waals surface area contributed by atoms with Crippen molar-refractivity contribution in [2.75, 3.05) is 13.1 Å². The molecule has 1 saturated heterocycles. The molecule has 0 radical (unpaired) electrons. The van der Waals surface area contributed by atoms with Gasteiger partial charge in [-0.2, -0.15) is 0 Å². The van der Waals surface area contributed by atoms with Gasteiger partial charge in [0.2, 0.25) is 0 Å². The highest BCUT2D eigenvalue weighted by atomic mass is 15.2. The number of piperidine rings is 1. The van der Waals surface area contributed by atoms with Gasteiger partial charge in [0.15, 0.2) is 0 Å². The molecule has 0 amide bonds. The summed E-state index contributed by atoms with van der Waals surface area (Å²) in [5.74, 6) is 0. The minimum absolute atomic E-state index is 0.689. The molecule has 0 atom stereocenters. The molecule has 19 heavy (non-hydrogen) atoms. The van der Waals surface area contributed by atoms with Gasteiger partial charge < -0.3 is 10.2 Å². The Morgan fingerprint density at radius 1 is 1.16 bits per heavy atom. The molecule has 0 spiro atoms. The number of hydrogen-bond donors (Lipinski definition) is 1. The lowest BCUT2D eigenvalue weighted by molar-refractivity contribution is 0.161. The van der Waals surface area contributed by atoms with E-state index in [0.717, 1.165) is 6.54 Å². The number of likely N-dealkylation sites (tertiary alicyclic amines) is 1. The van der Waals surface area contributed by atoms with E-state index in [4.69, 9.17) is 0 Å². The third-order valence-corrected chi connectivity index (χ3v) is 4.47. The molecule has 1 aliphatic rings. The highest BCUT2D eigenvalue weighted by Crippen LogP contribution is 2.16. The largest absolute Gasteiger partial charge is 0.310 e. The Balaban J connectivity index is 1.84. The number of hydrogen-bond acceptors (Lipinski definition) is 2. The number of benzene rings is 1. The van der Waals surface area contributed by atoms with Crippen LogP contribution in [0.5, 0.6) is 0 Å². The second-order valence-electron chi connectivity index (χ2n) is 6.16. The summed E-state index contributed by atoms with van der Waals surface area (Å²) in [6, 6.07) is 7.96. The third kappa shape index (κ3) is 3.80. The van der Waals surface area contributed by atoms with Crippen molar-refractivity contribution in [3.63, 3.8) is 0 Å². The average Bonchev–Trinajstić information content (AvgIpc) is 2.38. The van der Waals surface area contributed by atoms with E-state index < -0.39 is 0 Å². The van der Waals surface area contributed by atoms with E-state index in [1.807, 2.05) is 0 Å². The van der Waals surface area contributed by atoms with E-state index in [0.29, 0.717) is 12.1 Å². The molecule has 0 bridgehead atoms. The van der Waals surface area contributed by atoms with E-state index in [1.54, 1.807) is 0 Å². The van der Waals surface area contributed by atoms with Gasteiger partial charge in [-0.05, 0) is 70.3 Å². The second kappa shape index (κ2) is 6.53. The SMILES string of the molecule is Cc1cccc(C)c1CNC1CCN(C(C)C)CC1. The molecule has 2 nitrogen and oxygen atoms in total. The number of aryl methyl sites for hydroxylation is 2. The van der Waals surface area contributed by atoms with Gasteiger partial charge in [0.1, 0.15) is 0 Å². The smallest absolute Gasteiger partial charge is 0.0213 e. The van der Waals surface area contributed by atoms with Gasteiger partial charge in [-0.3, -0.25) is 0 Å². The highest BCUT2D eigenvalue weighted by molar-refractivity contribution is 5.33. The summed E-state index contributed by atoms with van der Waals surface area (Å²) >= 11 is 0. The monoisotopic (exact) mass is 260 g/mol. The first-order valence-electron chi connectivity index (χ1n) is 7.60. The molecule has 1 aromatic carbocycles. The van der Waals surface area contributed by atoms with E-state index in [2.05, 4.69) is 56.1 Å². The standard InChI is InChI=1S/C17H28N2/c1-13(2)19-10-8-16(9-11-19)18-12-17-14(3)6-5-7-15(17)4/h5-7,13,16,18H,8-12H2,1-4H3. The summed E-state index contributed by atoms with van der Waals surface area (Å²) in [6.45, 7) is 12.5. The van der Waals surface area contributed by atoms with E-state index in [1.165, 1.54) is 42.6 Å². The maximum Gasteiger partial charge on any atom is 0.0213 e. The molecule has 1 heterocycles. The lowest BCUT2D eigenvalue weighted by Crippen LogP contribution is -2.44. The van der Waals surface area contributed by atoms with Crippen LogP contribution in [0, 0.1) is 13.8 Å². The Kier molecular flexibility index (Phi) is 5.00. The maximum absolute atomic E-state index is 3.75. The normalized spacial score (nSPS) is 18.2. The number of rotatable bonds is 4. The molecule has 0 aliphatic carbocycles. The fourth-order valence-corrected chi connectivity index (χ4v) is 2.99. The van der Waals surface area contributed by atoms with Crippen LogP contribution in [0.2, 0.25) is 0 Å². The topological polar surface area (TPSA) is 15.3 Å². The highest BCUT2D eigenvalue weighted by Gasteiger charge is 2.20. The van der Waals surface area contributed by atoms with Gasteiger partial charge in [0.25, 0.3) is 0 Å². The molecule has 1 aliphatic heterocycles. The molecule has 0 unspecified atom stereocenters. The zero-order chi connectivity index (χ0) is 13.8. The van der Waals surface area contributed by atoms with E-state index in [9.17, 15) is 0 Å². The van der Waals surface area contributed by atoms with Crippen molar-refractivity contribution in [2.45, 2.75) is 59.2 Å². The van der Waals surface area contributed by atoms with Crippen molar-refractivity contribution in [1.29, 1.82) is 0 Å².